The van der Waals surface area contributed by atoms with E-state index >= 15 is 0 Å². The zero-order chi connectivity index (χ0) is 20.3. The van der Waals surface area contributed by atoms with Crippen molar-refractivity contribution < 1.29 is 9.84 Å². The average Bonchev–Trinajstić information content (AvgIpc) is 2.71. The van der Waals surface area contributed by atoms with Crippen LogP contribution in [-0.2, 0) is 6.54 Å². The number of aromatic hydroxyl groups is 1. The first-order valence-electron chi connectivity index (χ1n) is 10.0. The molecular formula is C22H31N3O3. The number of benzene rings is 1. The van der Waals surface area contributed by atoms with Gasteiger partial charge in [-0.1, -0.05) is 19.1 Å². The molecule has 1 saturated heterocycles. The topological polar surface area (TPSA) is 57.9 Å². The van der Waals surface area contributed by atoms with Crippen molar-refractivity contribution in [1.82, 2.24) is 14.4 Å². The molecule has 0 aliphatic carbocycles. The highest BCUT2D eigenvalue weighted by molar-refractivity contribution is 5.43. The Bertz CT molecular complexity index is 870. The maximum absolute atomic E-state index is 13.3. The van der Waals surface area contributed by atoms with Gasteiger partial charge in [-0.15, -0.1) is 0 Å². The number of hydrogen-bond acceptors (Lipinski definition) is 5. The molecule has 6 nitrogen and oxygen atoms in total. The van der Waals surface area contributed by atoms with Crippen molar-refractivity contribution in [1.29, 1.82) is 0 Å². The normalized spacial score (nSPS) is 16.9. The molecule has 0 saturated carbocycles. The Labute approximate surface area is 167 Å². The summed E-state index contributed by atoms with van der Waals surface area (Å²) in [5.41, 5.74) is 2.06. The predicted molar refractivity (Wildman–Crippen MR) is 111 cm³/mol. The molecule has 1 aromatic carbocycles. The number of piperazine rings is 1. The lowest BCUT2D eigenvalue weighted by atomic mass is 9.95. The van der Waals surface area contributed by atoms with Crippen LogP contribution in [0.4, 0.5) is 0 Å². The second-order valence-corrected chi connectivity index (χ2v) is 7.28. The molecular weight excluding hydrogens is 354 g/mol. The third-order valence-corrected chi connectivity index (χ3v) is 5.74. The fourth-order valence-electron chi connectivity index (χ4n) is 4.13. The Morgan fingerprint density at radius 3 is 2.43 bits per heavy atom. The SMILES string of the molecule is CCN1CCN([C@@H](c2cccc(OC)c2)c2c(O)cc(C)n(CC)c2=O)CC1. The molecule has 1 aromatic heterocycles. The Balaban J connectivity index is 2.13. The number of aryl methyl sites for hydroxylation is 1. The highest BCUT2D eigenvalue weighted by Crippen LogP contribution is 2.34. The molecule has 1 atom stereocenters. The van der Waals surface area contributed by atoms with E-state index in [0.29, 0.717) is 12.1 Å². The van der Waals surface area contributed by atoms with E-state index < -0.39 is 0 Å². The van der Waals surface area contributed by atoms with Crippen molar-refractivity contribution in [3.05, 3.63) is 57.5 Å². The van der Waals surface area contributed by atoms with E-state index in [2.05, 4.69) is 16.7 Å². The molecule has 0 bridgehead atoms. The van der Waals surface area contributed by atoms with Crippen LogP contribution in [0.5, 0.6) is 11.5 Å². The highest BCUT2D eigenvalue weighted by Gasteiger charge is 2.31. The summed E-state index contributed by atoms with van der Waals surface area (Å²) in [6.45, 7) is 11.2. The first-order valence-corrected chi connectivity index (χ1v) is 10.0. The van der Waals surface area contributed by atoms with Gasteiger partial charge in [0.05, 0.1) is 18.7 Å². The van der Waals surface area contributed by atoms with Gasteiger partial charge in [0.1, 0.15) is 11.5 Å². The molecule has 28 heavy (non-hydrogen) atoms. The molecule has 6 heteroatoms. The summed E-state index contributed by atoms with van der Waals surface area (Å²) in [5.74, 6) is 0.815. The number of methoxy groups -OCH3 is 1. The van der Waals surface area contributed by atoms with E-state index in [0.717, 1.165) is 49.7 Å². The minimum absolute atomic E-state index is 0.0675. The van der Waals surface area contributed by atoms with Crippen LogP contribution in [0.2, 0.25) is 0 Å². The minimum Gasteiger partial charge on any atom is -0.507 e. The van der Waals surface area contributed by atoms with Gasteiger partial charge in [-0.05, 0) is 44.2 Å². The van der Waals surface area contributed by atoms with E-state index in [-0.39, 0.29) is 17.4 Å². The Hall–Kier alpha value is -2.31. The molecule has 3 rings (SSSR count). The quantitative estimate of drug-likeness (QED) is 0.828. The van der Waals surface area contributed by atoms with Gasteiger partial charge in [-0.2, -0.15) is 0 Å². The summed E-state index contributed by atoms with van der Waals surface area (Å²) in [6, 6.07) is 9.21. The average molecular weight is 386 g/mol. The van der Waals surface area contributed by atoms with Gasteiger partial charge in [0.2, 0.25) is 0 Å². The molecule has 0 unspecified atom stereocenters. The first kappa shape index (κ1) is 20.4. The van der Waals surface area contributed by atoms with Crippen molar-refractivity contribution in [3.8, 4) is 11.5 Å². The third-order valence-electron chi connectivity index (χ3n) is 5.74. The van der Waals surface area contributed by atoms with Gasteiger partial charge in [-0.25, -0.2) is 0 Å². The van der Waals surface area contributed by atoms with Gasteiger partial charge < -0.3 is 19.3 Å². The van der Waals surface area contributed by atoms with Gasteiger partial charge in [0, 0.05) is 38.4 Å². The molecule has 1 N–H and O–H groups in total. The van der Waals surface area contributed by atoms with E-state index in [1.165, 1.54) is 0 Å². The highest BCUT2D eigenvalue weighted by atomic mass is 16.5. The molecule has 152 valence electrons. The number of likely N-dealkylation sites (N-methyl/N-ethyl adjacent to an activating group) is 1. The molecule has 1 aliphatic heterocycles. The minimum atomic E-state index is -0.306. The Morgan fingerprint density at radius 1 is 1.11 bits per heavy atom. The fraction of sp³-hybridized carbons (Fsp3) is 0.500. The summed E-state index contributed by atoms with van der Waals surface area (Å²) in [7, 11) is 1.64. The van der Waals surface area contributed by atoms with Crippen LogP contribution in [0.3, 0.4) is 0 Å². The van der Waals surface area contributed by atoms with Crippen LogP contribution in [0.25, 0.3) is 0 Å². The van der Waals surface area contributed by atoms with E-state index in [1.807, 2.05) is 38.1 Å². The molecule has 2 heterocycles. The van der Waals surface area contributed by atoms with Crippen molar-refractivity contribution in [3.63, 3.8) is 0 Å². The summed E-state index contributed by atoms with van der Waals surface area (Å²) in [6.07, 6.45) is 0. The summed E-state index contributed by atoms with van der Waals surface area (Å²) >= 11 is 0. The lowest BCUT2D eigenvalue weighted by Crippen LogP contribution is -2.48. The second kappa shape index (κ2) is 8.80. The third kappa shape index (κ3) is 3.93. The first-order chi connectivity index (χ1) is 13.5. The van der Waals surface area contributed by atoms with Gasteiger partial charge in [-0.3, -0.25) is 9.69 Å². The number of hydrogen-bond donors (Lipinski definition) is 1. The van der Waals surface area contributed by atoms with Gasteiger partial charge >= 0.3 is 0 Å². The predicted octanol–water partition coefficient (Wildman–Crippen LogP) is 2.62. The van der Waals surface area contributed by atoms with Crippen molar-refractivity contribution in [2.75, 3.05) is 39.8 Å². The second-order valence-electron chi connectivity index (χ2n) is 7.28. The van der Waals surface area contributed by atoms with Gasteiger partial charge in [0.15, 0.2) is 0 Å². The fourth-order valence-corrected chi connectivity index (χ4v) is 4.13. The van der Waals surface area contributed by atoms with E-state index in [1.54, 1.807) is 17.7 Å². The van der Waals surface area contributed by atoms with Crippen LogP contribution in [-0.4, -0.2) is 59.3 Å². The Morgan fingerprint density at radius 2 is 1.82 bits per heavy atom. The van der Waals surface area contributed by atoms with Crippen molar-refractivity contribution >= 4 is 0 Å². The zero-order valence-electron chi connectivity index (χ0n) is 17.3. The maximum atomic E-state index is 13.3. The molecule has 0 spiro atoms. The molecule has 2 aromatic rings. The van der Waals surface area contributed by atoms with Crippen LogP contribution < -0.4 is 10.3 Å². The number of pyridine rings is 1. The lowest BCUT2D eigenvalue weighted by molar-refractivity contribution is 0.111. The summed E-state index contributed by atoms with van der Waals surface area (Å²) in [5, 5.41) is 10.8. The monoisotopic (exact) mass is 385 g/mol. The van der Waals surface area contributed by atoms with Crippen LogP contribution >= 0.6 is 0 Å². The smallest absolute Gasteiger partial charge is 0.259 e. The van der Waals surface area contributed by atoms with Crippen LogP contribution in [0.1, 0.15) is 36.7 Å². The van der Waals surface area contributed by atoms with Crippen molar-refractivity contribution in [2.45, 2.75) is 33.4 Å². The molecule has 1 aliphatic rings. The zero-order valence-corrected chi connectivity index (χ0v) is 17.3. The van der Waals surface area contributed by atoms with Gasteiger partial charge in [0.25, 0.3) is 5.56 Å². The molecule has 0 radical (unpaired) electrons. The maximum Gasteiger partial charge on any atom is 0.259 e. The Kier molecular flexibility index (Phi) is 6.42. The van der Waals surface area contributed by atoms with Crippen molar-refractivity contribution in [2.24, 2.45) is 0 Å². The van der Waals surface area contributed by atoms with E-state index in [9.17, 15) is 9.90 Å². The lowest BCUT2D eigenvalue weighted by Gasteiger charge is -2.39. The number of ether oxygens (including phenoxy) is 1. The standard InChI is InChI=1S/C22H31N3O3/c1-5-23-10-12-24(13-11-23)21(17-8-7-9-18(15-17)28-4)20-19(26)14-16(3)25(6-2)22(20)27/h7-9,14-15,21,26H,5-6,10-13H2,1-4H3/t21-/m0/s1. The number of nitrogens with zero attached hydrogens (tertiary/aromatic N) is 3. The molecule has 1 fully saturated rings. The number of rotatable bonds is 6. The largest absolute Gasteiger partial charge is 0.507 e. The summed E-state index contributed by atoms with van der Waals surface area (Å²) < 4.78 is 7.14. The molecule has 0 amide bonds. The van der Waals surface area contributed by atoms with E-state index in [4.69, 9.17) is 4.74 Å². The van der Waals surface area contributed by atoms with Crippen LogP contribution in [0, 0.1) is 6.92 Å². The summed E-state index contributed by atoms with van der Waals surface area (Å²) in [4.78, 5) is 18.0. The number of aromatic nitrogens is 1. The van der Waals surface area contributed by atoms with Crippen LogP contribution in [0.15, 0.2) is 35.1 Å².